The molecule has 1 spiro atoms. The predicted octanol–water partition coefficient (Wildman–Crippen LogP) is 2.52. The lowest BCUT2D eigenvalue weighted by molar-refractivity contribution is 0.0694. The van der Waals surface area contributed by atoms with Crippen molar-refractivity contribution in [1.29, 1.82) is 0 Å². The summed E-state index contributed by atoms with van der Waals surface area (Å²) in [4.78, 5) is 26.1. The van der Waals surface area contributed by atoms with Gasteiger partial charge in [-0.2, -0.15) is 0 Å². The average molecular weight is 454 g/mol. The van der Waals surface area contributed by atoms with Crippen LogP contribution in [0.3, 0.4) is 0 Å². The highest BCUT2D eigenvalue weighted by Crippen LogP contribution is 2.54. The van der Waals surface area contributed by atoms with E-state index in [-0.39, 0.29) is 40.2 Å². The summed E-state index contributed by atoms with van der Waals surface area (Å²) in [5.41, 5.74) is 5.31. The van der Waals surface area contributed by atoms with Gasteiger partial charge in [0.15, 0.2) is 11.6 Å². The number of rotatable bonds is 4. The zero-order chi connectivity index (χ0) is 23.4. The molecular weight excluding hydrogens is 433 g/mol. The normalized spacial score (nSPS) is 24.8. The van der Waals surface area contributed by atoms with Gasteiger partial charge in [-0.05, 0) is 18.9 Å². The van der Waals surface area contributed by atoms with Crippen LogP contribution in [0.2, 0.25) is 0 Å². The molecule has 1 aromatic heterocycles. The van der Waals surface area contributed by atoms with Gasteiger partial charge in [-0.25, -0.2) is 13.6 Å². The smallest absolute Gasteiger partial charge is 0.492 e. The van der Waals surface area contributed by atoms with Gasteiger partial charge in [0.1, 0.15) is 17.4 Å². The number of pyridine rings is 1. The number of aromatic carboxylic acids is 1. The monoisotopic (exact) mass is 454 g/mol. The van der Waals surface area contributed by atoms with Gasteiger partial charge in [0.2, 0.25) is 5.43 Å². The van der Waals surface area contributed by atoms with Gasteiger partial charge in [-0.3, -0.25) is 13.4 Å². The van der Waals surface area contributed by atoms with E-state index in [1.54, 1.807) is 0 Å². The first-order valence-corrected chi connectivity index (χ1v) is 10.0. The second-order valence-electron chi connectivity index (χ2n) is 8.47. The molecular formula is C20H21BF4N3O4. The summed E-state index contributed by atoms with van der Waals surface area (Å²) in [6, 6.07) is 0.342. The topological polar surface area (TPSA) is 97.8 Å². The number of carbonyl (C=O) groups is 1. The lowest BCUT2D eigenvalue weighted by Gasteiger charge is -2.24. The van der Waals surface area contributed by atoms with E-state index < -0.39 is 42.8 Å². The molecule has 1 aliphatic heterocycles. The SMILES string of the molecule is COc1c(N2C[C@@H](N)C3(CC3)C2)c(F)cc2c(=O)c(C(=O)O)cn([C@@H]3C[C@@H]3F)c12.F[B]F. The van der Waals surface area contributed by atoms with E-state index in [4.69, 9.17) is 10.5 Å². The summed E-state index contributed by atoms with van der Waals surface area (Å²) in [7, 11) is 0.361. The number of fused-ring (bicyclic) bond motifs is 1. The van der Waals surface area contributed by atoms with Gasteiger partial charge in [0.25, 0.3) is 0 Å². The van der Waals surface area contributed by atoms with Gasteiger partial charge < -0.3 is 25.0 Å². The Morgan fingerprint density at radius 1 is 1.38 bits per heavy atom. The van der Waals surface area contributed by atoms with Crippen molar-refractivity contribution >= 4 is 30.4 Å². The first-order chi connectivity index (χ1) is 15.2. The van der Waals surface area contributed by atoms with Crippen molar-refractivity contribution in [2.45, 2.75) is 37.5 Å². The minimum atomic E-state index is -1.44. The van der Waals surface area contributed by atoms with E-state index in [1.807, 2.05) is 4.90 Å². The number of anilines is 1. The van der Waals surface area contributed by atoms with Gasteiger partial charge in [0.05, 0.1) is 24.1 Å². The van der Waals surface area contributed by atoms with Crippen molar-refractivity contribution in [3.05, 3.63) is 33.9 Å². The summed E-state index contributed by atoms with van der Waals surface area (Å²) in [5.74, 6) is -2.01. The van der Waals surface area contributed by atoms with Crippen LogP contribution in [0, 0.1) is 11.2 Å². The average Bonchev–Trinajstić information content (AvgIpc) is 3.63. The lowest BCUT2D eigenvalue weighted by atomic mass is 10.0. The molecule has 3 atom stereocenters. The van der Waals surface area contributed by atoms with Gasteiger partial charge in [0, 0.05) is 37.2 Å². The zero-order valence-corrected chi connectivity index (χ0v) is 17.2. The number of hydrogen-bond donors (Lipinski definition) is 2. The van der Waals surface area contributed by atoms with Crippen molar-refractivity contribution in [2.75, 3.05) is 25.1 Å². The molecule has 12 heteroatoms. The first-order valence-electron chi connectivity index (χ1n) is 10.0. The van der Waals surface area contributed by atoms with Gasteiger partial charge >= 0.3 is 13.8 Å². The highest BCUT2D eigenvalue weighted by atomic mass is 19.2. The third-order valence-electron chi connectivity index (χ3n) is 6.59. The number of ether oxygens (including phenoxy) is 1. The Bertz CT molecular complexity index is 1140. The van der Waals surface area contributed by atoms with Crippen LogP contribution >= 0.6 is 0 Å². The molecule has 7 nitrogen and oxygen atoms in total. The van der Waals surface area contributed by atoms with Crippen LogP contribution in [0.15, 0.2) is 17.1 Å². The highest BCUT2D eigenvalue weighted by molar-refractivity contribution is 6.15. The minimum absolute atomic E-state index is 0.0141. The standard InChI is InChI=1S/C20H21F2N3O4.BF2/c1-29-18-15-9(17(26)10(19(27)28)6-25(15)13-5-11(13)21)4-12(22)16(18)24-7-14(23)20(8-24)2-3-20;2-1-3/h4,6,11,13-14H,2-3,5,7-8,23H2,1H3,(H,27,28);/t11-,13+,14+;/m0./s1. The van der Waals surface area contributed by atoms with Crippen LogP contribution in [0.4, 0.5) is 23.1 Å². The molecule has 1 radical (unpaired) electrons. The first kappa shape index (κ1) is 22.4. The third-order valence-corrected chi connectivity index (χ3v) is 6.59. The Morgan fingerprint density at radius 2 is 2.00 bits per heavy atom. The molecule has 0 amide bonds. The fourth-order valence-electron chi connectivity index (χ4n) is 4.64. The Hall–Kier alpha value is -2.76. The number of nitrogens with two attached hydrogens (primary N) is 1. The molecule has 3 aliphatic rings. The Kier molecular flexibility index (Phi) is 5.60. The maximum atomic E-state index is 15.2. The highest BCUT2D eigenvalue weighted by Gasteiger charge is 2.54. The van der Waals surface area contributed by atoms with E-state index in [9.17, 15) is 27.7 Å². The molecule has 0 unspecified atom stereocenters. The van der Waals surface area contributed by atoms with E-state index in [0.717, 1.165) is 25.1 Å². The van der Waals surface area contributed by atoms with Crippen LogP contribution in [0.25, 0.3) is 10.9 Å². The number of benzene rings is 1. The minimum Gasteiger partial charge on any atom is -0.492 e. The van der Waals surface area contributed by atoms with Crippen LogP contribution in [-0.4, -0.2) is 55.9 Å². The van der Waals surface area contributed by atoms with Gasteiger partial charge in [-0.1, -0.05) is 0 Å². The molecule has 2 saturated carbocycles. The van der Waals surface area contributed by atoms with Crippen LogP contribution in [0.1, 0.15) is 35.7 Å². The van der Waals surface area contributed by atoms with E-state index in [0.29, 0.717) is 13.1 Å². The molecule has 1 aromatic carbocycles. The number of halogens is 4. The lowest BCUT2D eigenvalue weighted by Crippen LogP contribution is -2.30. The summed E-state index contributed by atoms with van der Waals surface area (Å²) in [6.07, 6.45) is 2.15. The van der Waals surface area contributed by atoms with E-state index in [2.05, 4.69) is 0 Å². The number of methoxy groups -OCH3 is 1. The molecule has 3 N–H and O–H groups in total. The second kappa shape index (κ2) is 7.98. The molecule has 2 aliphatic carbocycles. The van der Waals surface area contributed by atoms with Crippen LogP contribution in [0.5, 0.6) is 5.75 Å². The number of nitrogens with zero attached hydrogens (tertiary/aromatic N) is 2. The van der Waals surface area contributed by atoms with Crippen molar-refractivity contribution in [1.82, 2.24) is 4.57 Å². The molecule has 171 valence electrons. The third kappa shape index (κ3) is 3.50. The number of alkyl halides is 1. The molecule has 0 bridgehead atoms. The fraction of sp³-hybridized carbons (Fsp3) is 0.500. The van der Waals surface area contributed by atoms with Crippen molar-refractivity contribution < 1.29 is 32.1 Å². The molecule has 2 aromatic rings. The molecule has 32 heavy (non-hydrogen) atoms. The molecule has 2 heterocycles. The van der Waals surface area contributed by atoms with Crippen molar-refractivity contribution in [3.8, 4) is 5.75 Å². The second-order valence-corrected chi connectivity index (χ2v) is 8.47. The van der Waals surface area contributed by atoms with E-state index in [1.165, 1.54) is 11.7 Å². The largest absolute Gasteiger partial charge is 0.577 e. The Morgan fingerprint density at radius 3 is 2.47 bits per heavy atom. The predicted molar refractivity (Wildman–Crippen MR) is 110 cm³/mol. The van der Waals surface area contributed by atoms with Gasteiger partial charge in [-0.15, -0.1) is 0 Å². The Labute approximate surface area is 181 Å². The quantitative estimate of drug-likeness (QED) is 0.545. The number of hydrogen-bond acceptors (Lipinski definition) is 5. The molecule has 5 rings (SSSR count). The molecule has 3 fully saturated rings. The number of carboxylic acids is 1. The zero-order valence-electron chi connectivity index (χ0n) is 17.2. The van der Waals surface area contributed by atoms with Crippen molar-refractivity contribution in [3.63, 3.8) is 0 Å². The van der Waals surface area contributed by atoms with Crippen LogP contribution in [-0.2, 0) is 0 Å². The van der Waals surface area contributed by atoms with Crippen molar-refractivity contribution in [2.24, 2.45) is 11.1 Å². The Balaban J connectivity index is 0.000000775. The summed E-state index contributed by atoms with van der Waals surface area (Å²) < 4.78 is 55.1. The number of carboxylic acid groups (broad SMARTS) is 1. The molecule has 1 saturated heterocycles. The summed E-state index contributed by atoms with van der Waals surface area (Å²) >= 11 is 0. The summed E-state index contributed by atoms with van der Waals surface area (Å²) in [6.45, 7) is 1.03. The van der Waals surface area contributed by atoms with Crippen LogP contribution < -0.4 is 20.8 Å². The number of aromatic nitrogens is 1. The summed E-state index contributed by atoms with van der Waals surface area (Å²) in [5, 5.41) is 9.25. The maximum absolute atomic E-state index is 15.2. The van der Waals surface area contributed by atoms with E-state index >= 15 is 4.39 Å². The maximum Gasteiger partial charge on any atom is 0.577 e. The fourth-order valence-corrected chi connectivity index (χ4v) is 4.64.